The Morgan fingerprint density at radius 2 is 1.89 bits per heavy atom. The van der Waals surface area contributed by atoms with E-state index in [2.05, 4.69) is 5.32 Å². The number of ether oxygens (including phenoxy) is 1. The maximum Gasteiger partial charge on any atom is 0.416 e. The highest BCUT2D eigenvalue weighted by molar-refractivity contribution is 5.60. The molecule has 1 aromatic rings. The molecule has 1 unspecified atom stereocenters. The molecule has 0 fully saturated rings. The predicted octanol–water partition coefficient (Wildman–Crippen LogP) is 3.92. The Morgan fingerprint density at radius 3 is 2.44 bits per heavy atom. The first kappa shape index (κ1) is 13.1. The molecule has 1 N–H and O–H groups in total. The minimum absolute atomic E-state index is 0.00603. The van der Waals surface area contributed by atoms with E-state index >= 15 is 0 Å². The number of anilines is 1. The number of halogens is 3. The average molecular weight is 259 g/mol. The molecule has 0 radical (unpaired) electrons. The van der Waals surface area contributed by atoms with E-state index in [0.717, 1.165) is 12.1 Å². The lowest BCUT2D eigenvalue weighted by Crippen LogP contribution is -2.41. The number of benzene rings is 1. The van der Waals surface area contributed by atoms with Crippen molar-refractivity contribution in [3.05, 3.63) is 23.8 Å². The molecule has 1 aliphatic rings. The third-order valence-electron chi connectivity index (χ3n) is 3.09. The number of alkyl halides is 3. The maximum atomic E-state index is 12.6. The fourth-order valence-electron chi connectivity index (χ4n) is 1.81. The summed E-state index contributed by atoms with van der Waals surface area (Å²) in [6.45, 7) is 6.52. The molecule has 0 aliphatic carbocycles. The van der Waals surface area contributed by atoms with Crippen LogP contribution in [0.25, 0.3) is 0 Å². The van der Waals surface area contributed by atoms with Gasteiger partial charge in [0, 0.05) is 0 Å². The molecule has 0 spiro atoms. The summed E-state index contributed by atoms with van der Waals surface area (Å²) in [5.41, 5.74) is -0.325. The van der Waals surface area contributed by atoms with Crippen molar-refractivity contribution in [2.24, 2.45) is 5.41 Å². The first-order valence-corrected chi connectivity index (χ1v) is 5.78. The molecular formula is C13H16F3NO. The van der Waals surface area contributed by atoms with Crippen LogP contribution in [0.5, 0.6) is 5.75 Å². The highest BCUT2D eigenvalue weighted by Crippen LogP contribution is 2.38. The van der Waals surface area contributed by atoms with Crippen molar-refractivity contribution in [1.29, 1.82) is 0 Å². The molecular weight excluding hydrogens is 243 g/mol. The Kier molecular flexibility index (Phi) is 2.95. The van der Waals surface area contributed by atoms with Crippen molar-refractivity contribution in [3.8, 4) is 5.75 Å². The van der Waals surface area contributed by atoms with Gasteiger partial charge >= 0.3 is 6.18 Å². The quantitative estimate of drug-likeness (QED) is 0.762. The van der Waals surface area contributed by atoms with Gasteiger partial charge in [-0.25, -0.2) is 0 Å². The third kappa shape index (κ3) is 2.54. The van der Waals surface area contributed by atoms with Gasteiger partial charge in [-0.2, -0.15) is 13.2 Å². The van der Waals surface area contributed by atoms with Gasteiger partial charge < -0.3 is 10.1 Å². The van der Waals surface area contributed by atoms with Crippen molar-refractivity contribution in [2.45, 2.75) is 33.0 Å². The molecule has 0 aromatic heterocycles. The molecule has 18 heavy (non-hydrogen) atoms. The van der Waals surface area contributed by atoms with Crippen LogP contribution in [0.3, 0.4) is 0 Å². The lowest BCUT2D eigenvalue weighted by atomic mass is 9.86. The van der Waals surface area contributed by atoms with E-state index in [9.17, 15) is 13.2 Å². The first-order valence-electron chi connectivity index (χ1n) is 5.78. The third-order valence-corrected chi connectivity index (χ3v) is 3.09. The van der Waals surface area contributed by atoms with Crippen LogP contribution < -0.4 is 10.1 Å². The van der Waals surface area contributed by atoms with Crippen molar-refractivity contribution in [3.63, 3.8) is 0 Å². The van der Waals surface area contributed by atoms with Crippen molar-refractivity contribution in [1.82, 2.24) is 0 Å². The molecule has 1 heterocycles. The van der Waals surface area contributed by atoms with Gasteiger partial charge in [0.1, 0.15) is 12.4 Å². The molecule has 100 valence electrons. The van der Waals surface area contributed by atoms with E-state index in [1.165, 1.54) is 6.07 Å². The predicted molar refractivity (Wildman–Crippen MR) is 63.8 cm³/mol. The van der Waals surface area contributed by atoms with Gasteiger partial charge in [0.2, 0.25) is 0 Å². The molecule has 0 saturated carbocycles. The van der Waals surface area contributed by atoms with Crippen LogP contribution in [0.2, 0.25) is 0 Å². The molecule has 1 aromatic carbocycles. The number of rotatable bonds is 0. The lowest BCUT2D eigenvalue weighted by Gasteiger charge is -2.36. The first-order chi connectivity index (χ1) is 8.18. The monoisotopic (exact) mass is 259 g/mol. The number of nitrogens with one attached hydrogen (secondary N) is 1. The molecule has 0 amide bonds. The molecule has 2 nitrogen and oxygen atoms in total. The van der Waals surface area contributed by atoms with E-state index in [1.807, 2.05) is 20.8 Å². The summed E-state index contributed by atoms with van der Waals surface area (Å²) in [7, 11) is 0. The van der Waals surface area contributed by atoms with Crippen molar-refractivity contribution >= 4 is 5.69 Å². The molecule has 5 heteroatoms. The van der Waals surface area contributed by atoms with Gasteiger partial charge in [-0.05, 0) is 23.6 Å². The zero-order chi connectivity index (χ0) is 13.6. The minimum atomic E-state index is -4.33. The summed E-state index contributed by atoms with van der Waals surface area (Å²) in [4.78, 5) is 0. The fraction of sp³-hybridized carbons (Fsp3) is 0.538. The molecule has 2 rings (SSSR count). The zero-order valence-corrected chi connectivity index (χ0v) is 10.6. The minimum Gasteiger partial charge on any atom is -0.489 e. The standard InChI is InChI=1S/C13H16F3NO/c1-12(2,3)11-7-18-10-5-4-8(13(14,15)16)6-9(10)17-11/h4-6,11,17H,7H2,1-3H3. The summed E-state index contributed by atoms with van der Waals surface area (Å²) in [6, 6.07) is 3.50. The summed E-state index contributed by atoms with van der Waals surface area (Å²) >= 11 is 0. The van der Waals surface area contributed by atoms with Crippen LogP contribution >= 0.6 is 0 Å². The molecule has 0 bridgehead atoms. The smallest absolute Gasteiger partial charge is 0.416 e. The van der Waals surface area contributed by atoms with Gasteiger partial charge in [0.05, 0.1) is 17.3 Å². The van der Waals surface area contributed by atoms with Gasteiger partial charge in [0.25, 0.3) is 0 Å². The summed E-state index contributed by atoms with van der Waals surface area (Å²) < 4.78 is 43.4. The van der Waals surface area contributed by atoms with Crippen molar-refractivity contribution in [2.75, 3.05) is 11.9 Å². The zero-order valence-electron chi connectivity index (χ0n) is 10.6. The Hall–Kier alpha value is -1.39. The Balaban J connectivity index is 2.31. The summed E-state index contributed by atoms with van der Waals surface area (Å²) in [5.74, 6) is 0.475. The Morgan fingerprint density at radius 1 is 1.22 bits per heavy atom. The lowest BCUT2D eigenvalue weighted by molar-refractivity contribution is -0.137. The van der Waals surface area contributed by atoms with Crippen LogP contribution in [-0.4, -0.2) is 12.6 Å². The summed E-state index contributed by atoms with van der Waals surface area (Å²) in [6.07, 6.45) is -4.33. The van der Waals surface area contributed by atoms with Crippen LogP contribution in [0.15, 0.2) is 18.2 Å². The topological polar surface area (TPSA) is 21.3 Å². The highest BCUT2D eigenvalue weighted by Gasteiger charge is 2.34. The largest absolute Gasteiger partial charge is 0.489 e. The van der Waals surface area contributed by atoms with E-state index in [1.54, 1.807) is 0 Å². The normalized spacial score (nSPS) is 19.8. The van der Waals surface area contributed by atoms with Gasteiger partial charge in [-0.15, -0.1) is 0 Å². The van der Waals surface area contributed by atoms with E-state index in [0.29, 0.717) is 18.0 Å². The van der Waals surface area contributed by atoms with Crippen molar-refractivity contribution < 1.29 is 17.9 Å². The second-order valence-electron chi connectivity index (χ2n) is 5.58. The molecule has 1 atom stereocenters. The van der Waals surface area contributed by atoms with E-state index in [-0.39, 0.29) is 11.5 Å². The van der Waals surface area contributed by atoms with E-state index in [4.69, 9.17) is 4.74 Å². The molecule has 0 saturated heterocycles. The number of hydrogen-bond donors (Lipinski definition) is 1. The fourth-order valence-corrected chi connectivity index (χ4v) is 1.81. The van der Waals surface area contributed by atoms with Gasteiger partial charge in [-0.1, -0.05) is 20.8 Å². The van der Waals surface area contributed by atoms with Crippen LogP contribution in [0.1, 0.15) is 26.3 Å². The van der Waals surface area contributed by atoms with Gasteiger partial charge in [-0.3, -0.25) is 0 Å². The maximum absolute atomic E-state index is 12.6. The van der Waals surface area contributed by atoms with Gasteiger partial charge in [0.15, 0.2) is 0 Å². The second kappa shape index (κ2) is 4.07. The number of hydrogen-bond acceptors (Lipinski definition) is 2. The second-order valence-corrected chi connectivity index (χ2v) is 5.58. The van der Waals surface area contributed by atoms with Crippen LogP contribution in [-0.2, 0) is 6.18 Å². The SMILES string of the molecule is CC(C)(C)C1COc2ccc(C(F)(F)F)cc2N1. The number of fused-ring (bicyclic) bond motifs is 1. The Bertz CT molecular complexity index is 449. The van der Waals surface area contributed by atoms with E-state index < -0.39 is 11.7 Å². The average Bonchev–Trinajstić information content (AvgIpc) is 2.25. The highest BCUT2D eigenvalue weighted by atomic mass is 19.4. The summed E-state index contributed by atoms with van der Waals surface area (Å²) in [5, 5.41) is 3.12. The van der Waals surface area contributed by atoms with Crippen LogP contribution in [0, 0.1) is 5.41 Å². The Labute approximate surface area is 104 Å². The van der Waals surface area contributed by atoms with Crippen LogP contribution in [0.4, 0.5) is 18.9 Å². The molecule has 1 aliphatic heterocycles.